The van der Waals surface area contributed by atoms with Crippen LogP contribution < -0.4 is 20.5 Å². The van der Waals surface area contributed by atoms with E-state index in [1.54, 1.807) is 26.2 Å². The first-order valence-electron chi connectivity index (χ1n) is 5.98. The summed E-state index contributed by atoms with van der Waals surface area (Å²) in [5, 5.41) is 3.13. The molecule has 6 nitrogen and oxygen atoms in total. The number of hydrogen-bond donors (Lipinski definition) is 2. The summed E-state index contributed by atoms with van der Waals surface area (Å²) >= 11 is 0. The van der Waals surface area contributed by atoms with Gasteiger partial charge in [0.25, 0.3) is 0 Å². The summed E-state index contributed by atoms with van der Waals surface area (Å²) in [4.78, 5) is 11.3. The normalized spacial score (nSPS) is 11.6. The molecule has 0 amide bonds. The lowest BCUT2D eigenvalue weighted by Crippen LogP contribution is -2.24. The monoisotopic (exact) mass is 268 g/mol. The van der Waals surface area contributed by atoms with E-state index < -0.39 is 12.1 Å². The first kappa shape index (κ1) is 15.1. The highest BCUT2D eigenvalue weighted by Crippen LogP contribution is 2.29. The summed E-state index contributed by atoms with van der Waals surface area (Å²) in [6.45, 7) is 2.80. The quantitative estimate of drug-likeness (QED) is 0.718. The third-order valence-electron chi connectivity index (χ3n) is 2.48. The molecule has 0 fully saturated rings. The zero-order valence-electron chi connectivity index (χ0n) is 11.4. The van der Waals surface area contributed by atoms with Crippen LogP contribution in [0.3, 0.4) is 0 Å². The van der Waals surface area contributed by atoms with Crippen molar-refractivity contribution in [2.75, 3.05) is 32.6 Å². The number of benzene rings is 1. The molecule has 0 heterocycles. The van der Waals surface area contributed by atoms with E-state index in [4.69, 9.17) is 15.2 Å². The Kier molecular flexibility index (Phi) is 5.95. The minimum atomic E-state index is -0.669. The van der Waals surface area contributed by atoms with Gasteiger partial charge >= 0.3 is 5.97 Å². The molecule has 1 rings (SSSR count). The van der Waals surface area contributed by atoms with Gasteiger partial charge in [-0.25, -0.2) is 4.79 Å². The lowest BCUT2D eigenvalue weighted by molar-refractivity contribution is -0.147. The number of rotatable bonds is 7. The number of ether oxygens (including phenoxy) is 3. The maximum Gasteiger partial charge on any atom is 0.346 e. The van der Waals surface area contributed by atoms with Gasteiger partial charge in [0.2, 0.25) is 0 Å². The van der Waals surface area contributed by atoms with Gasteiger partial charge in [0, 0.05) is 19.2 Å². The molecule has 6 heteroatoms. The fourth-order valence-corrected chi connectivity index (χ4v) is 1.52. The van der Waals surface area contributed by atoms with Crippen molar-refractivity contribution in [3.05, 3.63) is 18.2 Å². The molecule has 1 atom stereocenters. The molecule has 0 aliphatic carbocycles. The molecule has 0 aliphatic rings. The smallest absolute Gasteiger partial charge is 0.346 e. The third kappa shape index (κ3) is 4.33. The number of methoxy groups -OCH3 is 2. The zero-order valence-corrected chi connectivity index (χ0v) is 11.4. The van der Waals surface area contributed by atoms with Crippen LogP contribution in [-0.2, 0) is 9.53 Å². The van der Waals surface area contributed by atoms with Gasteiger partial charge in [0.05, 0.1) is 19.9 Å². The van der Waals surface area contributed by atoms with E-state index in [0.717, 1.165) is 5.69 Å². The fraction of sp³-hybridized carbons (Fsp3) is 0.462. The standard InChI is InChI=1S/C13H20N2O4/c1-9(13(16)18-3)19-10-4-5-11(15-7-6-14)12(8-10)17-2/h4-5,8-9,15H,6-7,14H2,1-3H3. The van der Waals surface area contributed by atoms with Gasteiger partial charge in [-0.2, -0.15) is 0 Å². The van der Waals surface area contributed by atoms with Crippen LogP contribution in [0.15, 0.2) is 18.2 Å². The summed E-state index contributed by atoms with van der Waals surface area (Å²) in [7, 11) is 2.89. The van der Waals surface area contributed by atoms with E-state index in [9.17, 15) is 4.79 Å². The molecule has 0 saturated heterocycles. The number of carbonyl (C=O) groups excluding carboxylic acids is 1. The second-order valence-electron chi connectivity index (χ2n) is 3.86. The van der Waals surface area contributed by atoms with E-state index in [0.29, 0.717) is 24.6 Å². The van der Waals surface area contributed by atoms with E-state index in [-0.39, 0.29) is 0 Å². The average molecular weight is 268 g/mol. The van der Waals surface area contributed by atoms with Gasteiger partial charge < -0.3 is 25.3 Å². The van der Waals surface area contributed by atoms with Crippen molar-refractivity contribution >= 4 is 11.7 Å². The molecule has 106 valence electrons. The zero-order chi connectivity index (χ0) is 14.3. The SMILES string of the molecule is COC(=O)C(C)Oc1ccc(NCCN)c(OC)c1. The molecule has 0 saturated carbocycles. The number of hydrogen-bond acceptors (Lipinski definition) is 6. The lowest BCUT2D eigenvalue weighted by atomic mass is 10.2. The van der Waals surface area contributed by atoms with Gasteiger partial charge in [-0.3, -0.25) is 0 Å². The van der Waals surface area contributed by atoms with Crippen LogP contribution in [-0.4, -0.2) is 39.4 Å². The van der Waals surface area contributed by atoms with Crippen molar-refractivity contribution in [1.29, 1.82) is 0 Å². The Bertz CT molecular complexity index is 423. The minimum absolute atomic E-state index is 0.427. The predicted molar refractivity (Wildman–Crippen MR) is 72.6 cm³/mol. The fourth-order valence-electron chi connectivity index (χ4n) is 1.52. The predicted octanol–water partition coefficient (Wildman–Crippen LogP) is 1.01. The molecule has 3 N–H and O–H groups in total. The van der Waals surface area contributed by atoms with Gasteiger partial charge in [0.1, 0.15) is 11.5 Å². The Morgan fingerprint density at radius 1 is 1.42 bits per heavy atom. The van der Waals surface area contributed by atoms with Gasteiger partial charge in [-0.1, -0.05) is 0 Å². The highest BCUT2D eigenvalue weighted by Gasteiger charge is 2.15. The average Bonchev–Trinajstić information content (AvgIpc) is 2.44. The maximum atomic E-state index is 11.3. The van der Waals surface area contributed by atoms with E-state index in [1.165, 1.54) is 7.11 Å². The van der Waals surface area contributed by atoms with E-state index in [2.05, 4.69) is 10.1 Å². The topological polar surface area (TPSA) is 82.8 Å². The van der Waals surface area contributed by atoms with Crippen LogP contribution in [0.5, 0.6) is 11.5 Å². The van der Waals surface area contributed by atoms with Crippen molar-refractivity contribution in [2.24, 2.45) is 5.73 Å². The van der Waals surface area contributed by atoms with Gasteiger partial charge in [-0.15, -0.1) is 0 Å². The van der Waals surface area contributed by atoms with Gasteiger partial charge in [0.15, 0.2) is 6.10 Å². The Hall–Kier alpha value is -1.95. The Balaban J connectivity index is 2.78. The van der Waals surface area contributed by atoms with Crippen LogP contribution in [0.2, 0.25) is 0 Å². The largest absolute Gasteiger partial charge is 0.494 e. The second kappa shape index (κ2) is 7.48. The summed E-state index contributed by atoms with van der Waals surface area (Å²) in [5.41, 5.74) is 6.26. The molecular formula is C13H20N2O4. The summed E-state index contributed by atoms with van der Waals surface area (Å²) in [6, 6.07) is 5.27. The Morgan fingerprint density at radius 2 is 2.16 bits per heavy atom. The van der Waals surface area contributed by atoms with Crippen molar-refractivity contribution in [2.45, 2.75) is 13.0 Å². The van der Waals surface area contributed by atoms with Crippen molar-refractivity contribution < 1.29 is 19.0 Å². The van der Waals surface area contributed by atoms with Crippen LogP contribution in [0.1, 0.15) is 6.92 Å². The number of esters is 1. The molecule has 0 radical (unpaired) electrons. The molecular weight excluding hydrogens is 248 g/mol. The molecule has 0 bridgehead atoms. The van der Waals surface area contributed by atoms with Crippen molar-refractivity contribution in [3.8, 4) is 11.5 Å². The number of nitrogens with one attached hydrogen (secondary N) is 1. The third-order valence-corrected chi connectivity index (χ3v) is 2.48. The molecule has 0 aliphatic heterocycles. The second-order valence-corrected chi connectivity index (χ2v) is 3.86. The molecule has 1 aromatic rings. The van der Waals surface area contributed by atoms with Crippen molar-refractivity contribution in [3.63, 3.8) is 0 Å². The molecule has 0 aromatic heterocycles. The molecule has 19 heavy (non-hydrogen) atoms. The van der Waals surface area contributed by atoms with Crippen LogP contribution in [0.25, 0.3) is 0 Å². The van der Waals surface area contributed by atoms with E-state index >= 15 is 0 Å². The molecule has 1 unspecified atom stereocenters. The van der Waals surface area contributed by atoms with Crippen LogP contribution in [0, 0.1) is 0 Å². The first-order valence-corrected chi connectivity index (χ1v) is 5.98. The van der Waals surface area contributed by atoms with Crippen molar-refractivity contribution in [1.82, 2.24) is 0 Å². The minimum Gasteiger partial charge on any atom is -0.494 e. The maximum absolute atomic E-state index is 11.3. The first-order chi connectivity index (χ1) is 9.12. The lowest BCUT2D eigenvalue weighted by Gasteiger charge is -2.15. The summed E-state index contributed by atoms with van der Waals surface area (Å²) < 4.78 is 15.3. The Labute approximate surface area is 112 Å². The molecule has 0 spiro atoms. The van der Waals surface area contributed by atoms with E-state index in [1.807, 2.05) is 6.07 Å². The number of nitrogens with two attached hydrogens (primary N) is 1. The highest BCUT2D eigenvalue weighted by molar-refractivity contribution is 5.74. The number of carbonyl (C=O) groups is 1. The summed E-state index contributed by atoms with van der Waals surface area (Å²) in [6.07, 6.45) is -0.669. The number of anilines is 1. The molecule has 1 aromatic carbocycles. The summed E-state index contributed by atoms with van der Waals surface area (Å²) in [5.74, 6) is 0.736. The van der Waals surface area contributed by atoms with Crippen LogP contribution >= 0.6 is 0 Å². The van der Waals surface area contributed by atoms with Crippen LogP contribution in [0.4, 0.5) is 5.69 Å². The van der Waals surface area contributed by atoms with Gasteiger partial charge in [-0.05, 0) is 19.1 Å². The Morgan fingerprint density at radius 3 is 2.74 bits per heavy atom. The highest BCUT2D eigenvalue weighted by atomic mass is 16.6.